The summed E-state index contributed by atoms with van der Waals surface area (Å²) in [7, 11) is 0. The van der Waals surface area contributed by atoms with Gasteiger partial charge in [-0.1, -0.05) is 170 Å². The lowest BCUT2D eigenvalue weighted by Crippen LogP contribution is -1.99. The number of aromatic nitrogens is 3. The number of benzene rings is 8. The molecule has 0 saturated carbocycles. The Kier molecular flexibility index (Phi) is 8.16. The van der Waals surface area contributed by atoms with Crippen molar-refractivity contribution in [1.82, 2.24) is 14.5 Å². The van der Waals surface area contributed by atoms with Crippen LogP contribution in [0.3, 0.4) is 0 Å². The van der Waals surface area contributed by atoms with Crippen LogP contribution in [-0.2, 0) is 0 Å². The van der Waals surface area contributed by atoms with E-state index in [1.165, 1.54) is 44.2 Å². The zero-order chi connectivity index (χ0) is 36.6. The van der Waals surface area contributed by atoms with Crippen molar-refractivity contribution in [3.05, 3.63) is 212 Å². The zero-order valence-electron chi connectivity index (χ0n) is 30.0. The van der Waals surface area contributed by atoms with Crippen LogP contribution >= 0.6 is 0 Å². The average Bonchev–Trinajstić information content (AvgIpc) is 3.61. The van der Waals surface area contributed by atoms with Crippen molar-refractivity contribution in [2.45, 2.75) is 0 Å². The van der Waals surface area contributed by atoms with Crippen molar-refractivity contribution in [3.63, 3.8) is 0 Å². The number of hydrogen-bond acceptors (Lipinski definition) is 2. The van der Waals surface area contributed by atoms with Crippen LogP contribution in [0.4, 0.5) is 0 Å². The Morgan fingerprint density at radius 2 is 0.800 bits per heavy atom. The third-order valence-electron chi connectivity index (χ3n) is 10.4. The Morgan fingerprint density at radius 1 is 0.309 bits per heavy atom. The van der Waals surface area contributed by atoms with Crippen LogP contribution in [0.15, 0.2) is 212 Å². The van der Waals surface area contributed by atoms with Crippen molar-refractivity contribution < 1.29 is 0 Å². The summed E-state index contributed by atoms with van der Waals surface area (Å²) in [4.78, 5) is 10.4. The van der Waals surface area contributed by atoms with Gasteiger partial charge in [-0.05, 0) is 70.3 Å². The van der Waals surface area contributed by atoms with Crippen LogP contribution in [0.2, 0.25) is 0 Å². The van der Waals surface area contributed by atoms with E-state index in [0.717, 1.165) is 44.8 Å². The van der Waals surface area contributed by atoms with E-state index in [0.29, 0.717) is 5.82 Å². The Balaban J connectivity index is 1.24. The van der Waals surface area contributed by atoms with Crippen LogP contribution < -0.4 is 0 Å². The average molecular weight is 702 g/mol. The summed E-state index contributed by atoms with van der Waals surface area (Å²) in [5.74, 6) is 0.684. The molecule has 55 heavy (non-hydrogen) atoms. The van der Waals surface area contributed by atoms with Crippen LogP contribution in [-0.4, -0.2) is 14.5 Å². The van der Waals surface area contributed by atoms with Crippen LogP contribution in [0.5, 0.6) is 0 Å². The SMILES string of the molecule is c1ccc(-c2ccc3c(c2)c2cc(-c4ccccc4)cc(-c4ccccc4)c2n3-c2cccc(-c3nc(-c4ccccc4)cc(-c4ccccc4)n3)c2)cc1. The molecule has 0 amide bonds. The third kappa shape index (κ3) is 6.08. The van der Waals surface area contributed by atoms with Gasteiger partial charge < -0.3 is 4.57 Å². The Labute approximate surface area is 320 Å². The number of nitrogens with zero attached hydrogens (tertiary/aromatic N) is 3. The molecular formula is C52H35N3. The fourth-order valence-corrected chi connectivity index (χ4v) is 7.74. The minimum absolute atomic E-state index is 0.684. The lowest BCUT2D eigenvalue weighted by molar-refractivity contribution is 1.16. The highest BCUT2D eigenvalue weighted by Crippen LogP contribution is 2.43. The van der Waals surface area contributed by atoms with Gasteiger partial charge in [0.05, 0.1) is 22.4 Å². The summed E-state index contributed by atoms with van der Waals surface area (Å²) in [6.45, 7) is 0. The minimum atomic E-state index is 0.684. The third-order valence-corrected chi connectivity index (χ3v) is 10.4. The standard InChI is InChI=1S/C52H35N3/c1-6-17-36(18-7-1)41-29-30-50-46(32-41)47-34-43(37-19-8-2-9-20-37)33-45(38-21-10-3-11-22-38)51(47)55(50)44-28-16-27-42(31-44)52-53-48(39-23-12-4-13-24-39)35-49(54-52)40-25-14-5-15-26-40/h1-35H. The molecule has 3 nitrogen and oxygen atoms in total. The van der Waals surface area contributed by atoms with Gasteiger partial charge in [-0.25, -0.2) is 9.97 Å². The first kappa shape index (κ1) is 32.3. The topological polar surface area (TPSA) is 30.7 Å². The first-order valence-electron chi connectivity index (χ1n) is 18.7. The van der Waals surface area contributed by atoms with E-state index in [-0.39, 0.29) is 0 Å². The molecule has 0 aliphatic heterocycles. The number of hydrogen-bond donors (Lipinski definition) is 0. The van der Waals surface area contributed by atoms with E-state index in [1.807, 2.05) is 12.1 Å². The van der Waals surface area contributed by atoms with Crippen molar-refractivity contribution in [2.75, 3.05) is 0 Å². The minimum Gasteiger partial charge on any atom is -0.309 e. The Morgan fingerprint density at radius 3 is 1.38 bits per heavy atom. The molecular weight excluding hydrogens is 667 g/mol. The molecule has 0 fully saturated rings. The predicted molar refractivity (Wildman–Crippen MR) is 229 cm³/mol. The smallest absolute Gasteiger partial charge is 0.160 e. The summed E-state index contributed by atoms with van der Waals surface area (Å²) in [6.07, 6.45) is 0. The number of rotatable bonds is 7. The quantitative estimate of drug-likeness (QED) is 0.166. The maximum absolute atomic E-state index is 5.18. The van der Waals surface area contributed by atoms with Crippen molar-refractivity contribution >= 4 is 21.8 Å². The highest BCUT2D eigenvalue weighted by atomic mass is 15.0. The van der Waals surface area contributed by atoms with Gasteiger partial charge in [0.1, 0.15) is 0 Å². The van der Waals surface area contributed by atoms with Gasteiger partial charge in [0.25, 0.3) is 0 Å². The molecule has 0 aliphatic carbocycles. The molecule has 0 spiro atoms. The first-order valence-corrected chi connectivity index (χ1v) is 18.7. The fourth-order valence-electron chi connectivity index (χ4n) is 7.74. The second-order valence-corrected chi connectivity index (χ2v) is 13.8. The molecule has 2 aromatic heterocycles. The van der Waals surface area contributed by atoms with E-state index in [4.69, 9.17) is 9.97 Å². The second kappa shape index (κ2) is 13.9. The van der Waals surface area contributed by atoms with E-state index < -0.39 is 0 Å². The van der Waals surface area contributed by atoms with Crippen LogP contribution in [0.1, 0.15) is 0 Å². The number of fused-ring (bicyclic) bond motifs is 3. The van der Waals surface area contributed by atoms with Gasteiger partial charge >= 0.3 is 0 Å². The maximum Gasteiger partial charge on any atom is 0.160 e. The molecule has 0 unspecified atom stereocenters. The molecule has 0 aliphatic rings. The lowest BCUT2D eigenvalue weighted by Gasteiger charge is -2.15. The summed E-state index contributed by atoms with van der Waals surface area (Å²) in [5, 5.41) is 2.40. The molecule has 10 rings (SSSR count). The van der Waals surface area contributed by atoms with Gasteiger partial charge in [-0.15, -0.1) is 0 Å². The zero-order valence-corrected chi connectivity index (χ0v) is 30.0. The fraction of sp³-hybridized carbons (Fsp3) is 0. The first-order chi connectivity index (χ1) is 27.3. The van der Waals surface area contributed by atoms with Gasteiger partial charge in [0.2, 0.25) is 0 Å². The van der Waals surface area contributed by atoms with Crippen molar-refractivity contribution in [2.24, 2.45) is 0 Å². The molecule has 0 saturated heterocycles. The van der Waals surface area contributed by atoms with E-state index in [9.17, 15) is 0 Å². The molecule has 0 bridgehead atoms. The molecule has 3 heteroatoms. The monoisotopic (exact) mass is 701 g/mol. The summed E-state index contributed by atoms with van der Waals surface area (Å²) < 4.78 is 2.43. The maximum atomic E-state index is 5.18. The van der Waals surface area contributed by atoms with Gasteiger partial charge in [0, 0.05) is 38.7 Å². The Bertz CT molecular complexity index is 2880. The molecule has 0 N–H and O–H groups in total. The summed E-state index contributed by atoms with van der Waals surface area (Å²) >= 11 is 0. The summed E-state index contributed by atoms with van der Waals surface area (Å²) in [5.41, 5.74) is 15.3. The predicted octanol–water partition coefficient (Wildman–Crippen LogP) is 13.6. The summed E-state index contributed by atoms with van der Waals surface area (Å²) in [6, 6.07) is 75.2. The Hall–Kier alpha value is -7.36. The lowest BCUT2D eigenvalue weighted by atomic mass is 9.95. The molecule has 10 aromatic rings. The largest absolute Gasteiger partial charge is 0.309 e. The molecule has 258 valence electrons. The highest BCUT2D eigenvalue weighted by molar-refractivity contribution is 6.16. The van der Waals surface area contributed by atoms with Gasteiger partial charge in [-0.3, -0.25) is 0 Å². The van der Waals surface area contributed by atoms with Crippen molar-refractivity contribution in [1.29, 1.82) is 0 Å². The van der Waals surface area contributed by atoms with E-state index in [1.54, 1.807) is 0 Å². The van der Waals surface area contributed by atoms with Gasteiger partial charge in [-0.2, -0.15) is 0 Å². The highest BCUT2D eigenvalue weighted by Gasteiger charge is 2.20. The van der Waals surface area contributed by atoms with E-state index in [2.05, 4.69) is 205 Å². The molecule has 0 atom stereocenters. The van der Waals surface area contributed by atoms with Crippen LogP contribution in [0, 0.1) is 0 Å². The van der Waals surface area contributed by atoms with Crippen LogP contribution in [0.25, 0.3) is 94.8 Å². The molecule has 0 radical (unpaired) electrons. The normalized spacial score (nSPS) is 11.3. The molecule has 2 heterocycles. The molecule has 8 aromatic carbocycles. The van der Waals surface area contributed by atoms with E-state index >= 15 is 0 Å². The second-order valence-electron chi connectivity index (χ2n) is 13.8. The van der Waals surface area contributed by atoms with Crippen molar-refractivity contribution in [3.8, 4) is 73.0 Å². The van der Waals surface area contributed by atoms with Gasteiger partial charge in [0.15, 0.2) is 5.82 Å².